The topological polar surface area (TPSA) is 91.8 Å². The number of fused-ring (bicyclic) bond motifs is 1. The van der Waals surface area contributed by atoms with Crippen molar-refractivity contribution in [3.8, 4) is 5.75 Å². The minimum atomic E-state index is -0.774. The Morgan fingerprint density at radius 2 is 2.39 bits per heavy atom. The van der Waals surface area contributed by atoms with E-state index in [1.54, 1.807) is 30.5 Å². The van der Waals surface area contributed by atoms with Crippen LogP contribution in [0.15, 0.2) is 18.5 Å². The molecule has 3 rings (SSSR count). The van der Waals surface area contributed by atoms with Crippen LogP contribution in [-0.2, 0) is 11.3 Å². The van der Waals surface area contributed by atoms with Gasteiger partial charge in [-0.05, 0) is 24.8 Å². The Morgan fingerprint density at radius 1 is 1.57 bits per heavy atom. The molecule has 7 heteroatoms. The molecule has 1 saturated carbocycles. The van der Waals surface area contributed by atoms with Crippen molar-refractivity contribution < 1.29 is 19.4 Å². The second-order valence-corrected chi connectivity index (χ2v) is 6.28. The van der Waals surface area contributed by atoms with Crippen LogP contribution in [0.3, 0.4) is 0 Å². The van der Waals surface area contributed by atoms with Crippen molar-refractivity contribution in [2.24, 2.45) is 11.3 Å². The van der Waals surface area contributed by atoms with E-state index in [9.17, 15) is 14.7 Å². The fraction of sp³-hybridized carbons (Fsp3) is 0.562. The zero-order valence-electron chi connectivity index (χ0n) is 13.1. The number of rotatable bonds is 4. The highest BCUT2D eigenvalue weighted by atomic mass is 16.5. The summed E-state index contributed by atoms with van der Waals surface area (Å²) < 4.78 is 5.23. The lowest BCUT2D eigenvalue weighted by molar-refractivity contribution is -0.149. The molecule has 2 fully saturated rings. The Labute approximate surface area is 134 Å². The van der Waals surface area contributed by atoms with Gasteiger partial charge in [-0.25, -0.2) is 4.79 Å². The summed E-state index contributed by atoms with van der Waals surface area (Å²) in [7, 11) is 1.57. The van der Waals surface area contributed by atoms with Crippen LogP contribution < -0.4 is 10.1 Å². The molecular weight excluding hydrogens is 298 g/mol. The summed E-state index contributed by atoms with van der Waals surface area (Å²) in [5.74, 6) is -0.0384. The molecule has 23 heavy (non-hydrogen) atoms. The number of urea groups is 1. The van der Waals surface area contributed by atoms with E-state index in [2.05, 4.69) is 10.3 Å². The number of aliphatic carboxylic acids is 1. The average Bonchev–Trinajstić information content (AvgIpc) is 3.11. The fourth-order valence-corrected chi connectivity index (χ4v) is 3.82. The third kappa shape index (κ3) is 2.71. The van der Waals surface area contributed by atoms with Crippen molar-refractivity contribution in [3.63, 3.8) is 0 Å². The highest BCUT2D eigenvalue weighted by molar-refractivity contribution is 5.80. The van der Waals surface area contributed by atoms with Gasteiger partial charge < -0.3 is 20.1 Å². The first-order valence-corrected chi connectivity index (χ1v) is 7.80. The number of hydrogen-bond donors (Lipinski definition) is 2. The summed E-state index contributed by atoms with van der Waals surface area (Å²) in [6, 6.07) is 1.51. The number of hydrogen-bond acceptors (Lipinski definition) is 4. The lowest BCUT2D eigenvalue weighted by Crippen LogP contribution is -2.41. The van der Waals surface area contributed by atoms with Gasteiger partial charge in [0, 0.05) is 37.6 Å². The molecule has 0 aromatic carbocycles. The van der Waals surface area contributed by atoms with Gasteiger partial charge in [0.15, 0.2) is 0 Å². The number of carboxylic acids is 1. The van der Waals surface area contributed by atoms with Crippen LogP contribution in [-0.4, -0.2) is 47.2 Å². The molecule has 2 N–H and O–H groups in total. The summed E-state index contributed by atoms with van der Waals surface area (Å²) in [6.45, 7) is 1.11. The lowest BCUT2D eigenvalue weighted by atomic mass is 9.81. The van der Waals surface area contributed by atoms with Crippen LogP contribution in [0.5, 0.6) is 5.75 Å². The zero-order valence-corrected chi connectivity index (χ0v) is 13.1. The van der Waals surface area contributed by atoms with E-state index >= 15 is 0 Å². The van der Waals surface area contributed by atoms with Gasteiger partial charge in [0.05, 0.1) is 12.5 Å². The van der Waals surface area contributed by atoms with E-state index in [1.807, 2.05) is 0 Å². The molecule has 124 valence electrons. The second-order valence-electron chi connectivity index (χ2n) is 6.28. The van der Waals surface area contributed by atoms with Crippen LogP contribution in [0.4, 0.5) is 4.79 Å². The van der Waals surface area contributed by atoms with Gasteiger partial charge in [0.25, 0.3) is 0 Å². The number of carbonyl (C=O) groups is 2. The first-order valence-electron chi connectivity index (χ1n) is 7.80. The van der Waals surface area contributed by atoms with Gasteiger partial charge in [-0.1, -0.05) is 6.42 Å². The standard InChI is InChI=1S/C16H21N3O4/c1-23-13-4-6-17-7-11(13)8-18-15(22)19-9-12-3-2-5-16(12,10-19)14(20)21/h4,6-7,12H,2-3,5,8-10H2,1H3,(H,18,22)(H,20,21)/t12-,16+/m0/s1. The minimum absolute atomic E-state index is 0.0682. The fourth-order valence-electron chi connectivity index (χ4n) is 3.82. The molecule has 1 aliphatic carbocycles. The van der Waals surface area contributed by atoms with Crippen molar-refractivity contribution in [1.29, 1.82) is 0 Å². The quantitative estimate of drug-likeness (QED) is 0.877. The van der Waals surface area contributed by atoms with Crippen LogP contribution in [0.25, 0.3) is 0 Å². The maximum atomic E-state index is 12.4. The monoisotopic (exact) mass is 319 g/mol. The molecule has 7 nitrogen and oxygen atoms in total. The van der Waals surface area contributed by atoms with Gasteiger partial charge in [0.2, 0.25) is 0 Å². The van der Waals surface area contributed by atoms with E-state index in [4.69, 9.17) is 4.74 Å². The smallest absolute Gasteiger partial charge is 0.317 e. The molecule has 2 amide bonds. The molecule has 1 aliphatic heterocycles. The van der Waals surface area contributed by atoms with Gasteiger partial charge in [-0.15, -0.1) is 0 Å². The second kappa shape index (κ2) is 6.06. The van der Waals surface area contributed by atoms with Crippen molar-refractivity contribution in [2.75, 3.05) is 20.2 Å². The maximum absolute atomic E-state index is 12.4. The Morgan fingerprint density at radius 3 is 3.09 bits per heavy atom. The number of carbonyl (C=O) groups excluding carboxylic acids is 1. The Balaban J connectivity index is 1.63. The van der Waals surface area contributed by atoms with Crippen LogP contribution in [0.2, 0.25) is 0 Å². The zero-order chi connectivity index (χ0) is 16.4. The van der Waals surface area contributed by atoms with Crippen molar-refractivity contribution >= 4 is 12.0 Å². The van der Waals surface area contributed by atoms with Crippen LogP contribution in [0, 0.1) is 11.3 Å². The summed E-state index contributed by atoms with van der Waals surface area (Å²) in [4.78, 5) is 29.7. The molecule has 0 radical (unpaired) electrons. The first-order chi connectivity index (χ1) is 11.1. The van der Waals surface area contributed by atoms with Gasteiger partial charge in [0.1, 0.15) is 5.75 Å². The number of nitrogens with one attached hydrogen (secondary N) is 1. The Hall–Kier alpha value is -2.31. The number of likely N-dealkylation sites (tertiary alicyclic amines) is 1. The lowest BCUT2D eigenvalue weighted by Gasteiger charge is -2.23. The third-order valence-electron chi connectivity index (χ3n) is 5.09. The molecular formula is C16H21N3O4. The van der Waals surface area contributed by atoms with E-state index in [-0.39, 0.29) is 11.9 Å². The Kier molecular flexibility index (Phi) is 4.11. The molecule has 0 bridgehead atoms. The van der Waals surface area contributed by atoms with Gasteiger partial charge >= 0.3 is 12.0 Å². The molecule has 2 aliphatic rings. The summed E-state index contributed by atoms with van der Waals surface area (Å²) in [5.41, 5.74) is 0.0410. The van der Waals surface area contributed by atoms with Crippen molar-refractivity contribution in [2.45, 2.75) is 25.8 Å². The van der Waals surface area contributed by atoms with Crippen molar-refractivity contribution in [3.05, 3.63) is 24.0 Å². The highest BCUT2D eigenvalue weighted by Crippen LogP contribution is 2.48. The van der Waals surface area contributed by atoms with E-state index in [1.165, 1.54) is 0 Å². The van der Waals surface area contributed by atoms with Crippen LogP contribution >= 0.6 is 0 Å². The number of carboxylic acid groups (broad SMARTS) is 1. The predicted molar refractivity (Wildman–Crippen MR) is 82.0 cm³/mol. The Bertz CT molecular complexity index is 621. The van der Waals surface area contributed by atoms with E-state index in [0.29, 0.717) is 31.8 Å². The number of aromatic nitrogens is 1. The number of amides is 2. The number of ether oxygens (including phenoxy) is 1. The highest BCUT2D eigenvalue weighted by Gasteiger charge is 2.55. The first kappa shape index (κ1) is 15.6. The third-order valence-corrected chi connectivity index (χ3v) is 5.09. The molecule has 0 spiro atoms. The number of pyridine rings is 1. The number of methoxy groups -OCH3 is 1. The molecule has 2 atom stereocenters. The normalized spacial score (nSPS) is 26.0. The molecule has 1 aromatic heterocycles. The molecule has 2 heterocycles. The molecule has 1 saturated heterocycles. The maximum Gasteiger partial charge on any atom is 0.317 e. The largest absolute Gasteiger partial charge is 0.496 e. The van der Waals surface area contributed by atoms with Crippen LogP contribution in [0.1, 0.15) is 24.8 Å². The minimum Gasteiger partial charge on any atom is -0.496 e. The van der Waals surface area contributed by atoms with Gasteiger partial charge in [-0.3, -0.25) is 9.78 Å². The van der Waals surface area contributed by atoms with E-state index < -0.39 is 11.4 Å². The summed E-state index contributed by atoms with van der Waals surface area (Å²) in [6.07, 6.45) is 5.75. The number of nitrogens with zero attached hydrogens (tertiary/aromatic N) is 2. The summed E-state index contributed by atoms with van der Waals surface area (Å²) >= 11 is 0. The average molecular weight is 319 g/mol. The van der Waals surface area contributed by atoms with Crippen molar-refractivity contribution in [1.82, 2.24) is 15.2 Å². The molecule has 1 aromatic rings. The summed E-state index contributed by atoms with van der Waals surface area (Å²) in [5, 5.41) is 12.4. The van der Waals surface area contributed by atoms with E-state index in [0.717, 1.165) is 18.4 Å². The van der Waals surface area contributed by atoms with Gasteiger partial charge in [-0.2, -0.15) is 0 Å². The molecule has 0 unspecified atom stereocenters. The SMILES string of the molecule is COc1ccncc1CNC(=O)N1C[C@@H]2CCC[C@@]2(C(=O)O)C1. The predicted octanol–water partition coefficient (Wildman–Crippen LogP) is 1.49.